The standard InChI is InChI=1S/C6H8ClN/c1-5-2-3-6(7)8-4-5/h3-5H,2H2,1H3/t5-/m0/s1. The van der Waals surface area contributed by atoms with E-state index in [0.29, 0.717) is 11.1 Å². The van der Waals surface area contributed by atoms with Crippen molar-refractivity contribution in [1.82, 2.24) is 0 Å². The Kier molecular flexibility index (Phi) is 1.69. The molecule has 8 heavy (non-hydrogen) atoms. The first-order valence-corrected chi connectivity index (χ1v) is 3.06. The largest absolute Gasteiger partial charge is 0.249 e. The topological polar surface area (TPSA) is 12.4 Å². The molecule has 0 saturated carbocycles. The quantitative estimate of drug-likeness (QED) is 0.445. The number of nitrogens with zero attached hydrogens (tertiary/aromatic N) is 1. The lowest BCUT2D eigenvalue weighted by Crippen LogP contribution is -1.97. The predicted molar refractivity (Wildman–Crippen MR) is 36.2 cm³/mol. The molecule has 1 atom stereocenters. The highest BCUT2D eigenvalue weighted by atomic mass is 35.5. The van der Waals surface area contributed by atoms with Crippen molar-refractivity contribution in [3.05, 3.63) is 11.2 Å². The van der Waals surface area contributed by atoms with Gasteiger partial charge in [0.1, 0.15) is 5.16 Å². The van der Waals surface area contributed by atoms with Crippen molar-refractivity contribution in [1.29, 1.82) is 0 Å². The van der Waals surface area contributed by atoms with Crippen LogP contribution in [0.5, 0.6) is 0 Å². The van der Waals surface area contributed by atoms with Gasteiger partial charge in [0.25, 0.3) is 0 Å². The number of hydrogen-bond donors (Lipinski definition) is 0. The Morgan fingerprint density at radius 2 is 2.62 bits per heavy atom. The third-order valence-electron chi connectivity index (χ3n) is 1.11. The van der Waals surface area contributed by atoms with Gasteiger partial charge in [-0.15, -0.1) is 0 Å². The fraction of sp³-hybridized carbons (Fsp3) is 0.500. The average molecular weight is 130 g/mol. The molecule has 0 N–H and O–H groups in total. The Labute approximate surface area is 54.1 Å². The van der Waals surface area contributed by atoms with E-state index in [1.165, 1.54) is 0 Å². The maximum atomic E-state index is 5.55. The molecular weight excluding hydrogens is 122 g/mol. The van der Waals surface area contributed by atoms with Crippen LogP contribution in [0.15, 0.2) is 16.2 Å². The molecule has 0 aromatic heterocycles. The van der Waals surface area contributed by atoms with Crippen LogP contribution in [0.25, 0.3) is 0 Å². The van der Waals surface area contributed by atoms with Gasteiger partial charge in [-0.1, -0.05) is 18.5 Å². The van der Waals surface area contributed by atoms with Crippen LogP contribution in [0.4, 0.5) is 0 Å². The average Bonchev–Trinajstić information content (AvgIpc) is 1.77. The summed E-state index contributed by atoms with van der Waals surface area (Å²) in [5, 5.41) is 0.628. The molecule has 44 valence electrons. The SMILES string of the molecule is C[C@@H]1C=NC(Cl)=CC1. The number of halogens is 1. The van der Waals surface area contributed by atoms with Crippen molar-refractivity contribution in [3.8, 4) is 0 Å². The Morgan fingerprint density at radius 1 is 1.88 bits per heavy atom. The molecule has 1 rings (SSSR count). The molecule has 1 aliphatic heterocycles. The van der Waals surface area contributed by atoms with Gasteiger partial charge in [0.05, 0.1) is 0 Å². The van der Waals surface area contributed by atoms with E-state index in [1.807, 2.05) is 12.3 Å². The predicted octanol–water partition coefficient (Wildman–Crippen LogP) is 2.18. The Balaban J connectivity index is 2.58. The van der Waals surface area contributed by atoms with Crippen LogP contribution in [-0.4, -0.2) is 6.21 Å². The van der Waals surface area contributed by atoms with Gasteiger partial charge in [-0.05, 0) is 18.4 Å². The molecule has 0 fully saturated rings. The summed E-state index contributed by atoms with van der Waals surface area (Å²) in [6, 6.07) is 0. The van der Waals surface area contributed by atoms with Crippen LogP contribution >= 0.6 is 11.6 Å². The first-order chi connectivity index (χ1) is 3.79. The van der Waals surface area contributed by atoms with Crippen molar-refractivity contribution in [3.63, 3.8) is 0 Å². The third-order valence-corrected chi connectivity index (χ3v) is 1.36. The zero-order valence-corrected chi connectivity index (χ0v) is 5.52. The summed E-state index contributed by atoms with van der Waals surface area (Å²) in [6.45, 7) is 2.11. The van der Waals surface area contributed by atoms with Gasteiger partial charge in [-0.3, -0.25) is 0 Å². The molecule has 2 heteroatoms. The molecule has 1 aliphatic rings. The summed E-state index contributed by atoms with van der Waals surface area (Å²) in [7, 11) is 0. The second-order valence-corrected chi connectivity index (χ2v) is 2.41. The van der Waals surface area contributed by atoms with E-state index in [4.69, 9.17) is 11.6 Å². The first kappa shape index (κ1) is 5.83. The molecule has 1 heterocycles. The third kappa shape index (κ3) is 1.34. The molecule has 0 radical (unpaired) electrons. The maximum Gasteiger partial charge on any atom is 0.124 e. The van der Waals surface area contributed by atoms with Crippen molar-refractivity contribution < 1.29 is 0 Å². The summed E-state index contributed by atoms with van der Waals surface area (Å²) in [4.78, 5) is 3.91. The van der Waals surface area contributed by atoms with E-state index in [-0.39, 0.29) is 0 Å². The van der Waals surface area contributed by atoms with Gasteiger partial charge in [0, 0.05) is 6.21 Å². The van der Waals surface area contributed by atoms with Gasteiger partial charge in [0.2, 0.25) is 0 Å². The molecule has 0 unspecified atom stereocenters. The van der Waals surface area contributed by atoms with E-state index in [2.05, 4.69) is 11.9 Å². The van der Waals surface area contributed by atoms with Gasteiger partial charge >= 0.3 is 0 Å². The molecule has 0 bridgehead atoms. The Hall–Kier alpha value is -0.300. The summed E-state index contributed by atoms with van der Waals surface area (Å²) in [5.41, 5.74) is 0. The van der Waals surface area contributed by atoms with Crippen molar-refractivity contribution >= 4 is 17.8 Å². The van der Waals surface area contributed by atoms with Crippen LogP contribution in [0.1, 0.15) is 13.3 Å². The molecule has 0 aromatic rings. The monoisotopic (exact) mass is 129 g/mol. The van der Waals surface area contributed by atoms with E-state index in [9.17, 15) is 0 Å². The van der Waals surface area contributed by atoms with E-state index < -0.39 is 0 Å². The minimum absolute atomic E-state index is 0.567. The van der Waals surface area contributed by atoms with E-state index in [1.54, 1.807) is 0 Å². The van der Waals surface area contributed by atoms with Crippen LogP contribution in [0.2, 0.25) is 0 Å². The molecule has 0 spiro atoms. The number of aliphatic imine (C=N–C) groups is 1. The van der Waals surface area contributed by atoms with Crippen LogP contribution in [0, 0.1) is 5.92 Å². The van der Waals surface area contributed by atoms with Crippen molar-refractivity contribution in [2.24, 2.45) is 10.9 Å². The van der Waals surface area contributed by atoms with Gasteiger partial charge in [-0.2, -0.15) is 0 Å². The van der Waals surface area contributed by atoms with Crippen LogP contribution in [0.3, 0.4) is 0 Å². The second kappa shape index (κ2) is 2.31. The lowest BCUT2D eigenvalue weighted by atomic mass is 10.1. The van der Waals surface area contributed by atoms with Gasteiger partial charge in [0.15, 0.2) is 0 Å². The minimum Gasteiger partial charge on any atom is -0.249 e. The lowest BCUT2D eigenvalue weighted by Gasteiger charge is -2.04. The second-order valence-electron chi connectivity index (χ2n) is 2.02. The molecular formula is C6H8ClN. The summed E-state index contributed by atoms with van der Waals surface area (Å²) in [6.07, 6.45) is 4.84. The maximum absolute atomic E-state index is 5.55. The fourth-order valence-corrected chi connectivity index (χ4v) is 0.741. The Morgan fingerprint density at radius 3 is 3.00 bits per heavy atom. The highest BCUT2D eigenvalue weighted by Crippen LogP contribution is 2.13. The fourth-order valence-electron chi connectivity index (χ4n) is 0.595. The number of rotatable bonds is 0. The van der Waals surface area contributed by atoms with E-state index >= 15 is 0 Å². The smallest absolute Gasteiger partial charge is 0.124 e. The first-order valence-electron chi connectivity index (χ1n) is 2.69. The number of allylic oxidation sites excluding steroid dienone is 1. The zero-order valence-electron chi connectivity index (χ0n) is 4.76. The van der Waals surface area contributed by atoms with Gasteiger partial charge in [-0.25, -0.2) is 4.99 Å². The lowest BCUT2D eigenvalue weighted by molar-refractivity contribution is 0.793. The van der Waals surface area contributed by atoms with Crippen LogP contribution < -0.4 is 0 Å². The highest BCUT2D eigenvalue weighted by molar-refractivity contribution is 6.29. The normalized spacial score (nSPS) is 27.8. The molecule has 1 nitrogen and oxygen atoms in total. The summed E-state index contributed by atoms with van der Waals surface area (Å²) in [5.74, 6) is 0.567. The number of hydrogen-bond acceptors (Lipinski definition) is 1. The van der Waals surface area contributed by atoms with Crippen LogP contribution in [-0.2, 0) is 0 Å². The van der Waals surface area contributed by atoms with Crippen molar-refractivity contribution in [2.75, 3.05) is 0 Å². The Bertz CT molecular complexity index is 137. The van der Waals surface area contributed by atoms with E-state index in [0.717, 1.165) is 6.42 Å². The highest BCUT2D eigenvalue weighted by Gasteiger charge is 2.00. The van der Waals surface area contributed by atoms with Crippen molar-refractivity contribution in [2.45, 2.75) is 13.3 Å². The molecule has 0 saturated heterocycles. The summed E-state index contributed by atoms with van der Waals surface area (Å²) < 4.78 is 0. The molecule has 0 amide bonds. The van der Waals surface area contributed by atoms with Gasteiger partial charge < -0.3 is 0 Å². The summed E-state index contributed by atoms with van der Waals surface area (Å²) >= 11 is 5.55. The zero-order chi connectivity index (χ0) is 5.98. The molecule has 0 aliphatic carbocycles. The molecule has 0 aromatic carbocycles. The minimum atomic E-state index is 0.567.